The van der Waals surface area contributed by atoms with Crippen molar-refractivity contribution in [2.24, 2.45) is 0 Å². The molecule has 1 atom stereocenters. The maximum absolute atomic E-state index is 12.4. The summed E-state index contributed by atoms with van der Waals surface area (Å²) < 4.78 is 0. The first-order valence-corrected chi connectivity index (χ1v) is 8.35. The van der Waals surface area contributed by atoms with Crippen molar-refractivity contribution < 1.29 is 9.72 Å². The van der Waals surface area contributed by atoms with Crippen LogP contribution in [0.3, 0.4) is 0 Å². The Kier molecular flexibility index (Phi) is 4.90. The summed E-state index contributed by atoms with van der Waals surface area (Å²) in [5.74, 6) is -0.331. The van der Waals surface area contributed by atoms with Gasteiger partial charge in [0.05, 0.1) is 15.7 Å². The molecule has 25 heavy (non-hydrogen) atoms. The second-order valence-electron chi connectivity index (χ2n) is 5.22. The Labute approximate surface area is 147 Å². The van der Waals surface area contributed by atoms with Crippen LogP contribution in [0, 0.1) is 10.1 Å². The number of hydrogen-bond donors (Lipinski definition) is 1. The SMILES string of the molecule is C[C@H](Sc1ncnc2ccccc12)C(=O)Nc1ccccc1[N+](=O)[O-]. The quantitative estimate of drug-likeness (QED) is 0.325. The van der Waals surface area contributed by atoms with Crippen LogP contribution in [0.15, 0.2) is 59.9 Å². The lowest BCUT2D eigenvalue weighted by Crippen LogP contribution is -2.23. The molecule has 0 aliphatic carbocycles. The Morgan fingerprint density at radius 3 is 2.68 bits per heavy atom. The number of rotatable bonds is 5. The van der Waals surface area contributed by atoms with Gasteiger partial charge in [0.1, 0.15) is 17.0 Å². The molecule has 0 spiro atoms. The van der Waals surface area contributed by atoms with E-state index in [1.54, 1.807) is 19.1 Å². The summed E-state index contributed by atoms with van der Waals surface area (Å²) in [6.45, 7) is 1.73. The van der Waals surface area contributed by atoms with Crippen molar-refractivity contribution in [2.75, 3.05) is 5.32 Å². The van der Waals surface area contributed by atoms with Gasteiger partial charge in [-0.3, -0.25) is 14.9 Å². The average molecular weight is 354 g/mol. The first-order valence-electron chi connectivity index (χ1n) is 7.47. The topological polar surface area (TPSA) is 98.0 Å². The smallest absolute Gasteiger partial charge is 0.292 e. The Morgan fingerprint density at radius 2 is 1.88 bits per heavy atom. The third-order valence-corrected chi connectivity index (χ3v) is 4.64. The highest BCUT2D eigenvalue weighted by atomic mass is 32.2. The number of nitro benzene ring substituents is 1. The Hall–Kier alpha value is -3.00. The van der Waals surface area contributed by atoms with Crippen molar-refractivity contribution in [2.45, 2.75) is 17.2 Å². The molecule has 2 aromatic carbocycles. The first kappa shape index (κ1) is 16.8. The van der Waals surface area contributed by atoms with Crippen LogP contribution in [0.1, 0.15) is 6.92 Å². The molecule has 7 nitrogen and oxygen atoms in total. The largest absolute Gasteiger partial charge is 0.319 e. The van der Waals surface area contributed by atoms with Gasteiger partial charge in [0, 0.05) is 11.5 Å². The van der Waals surface area contributed by atoms with Crippen molar-refractivity contribution in [1.29, 1.82) is 0 Å². The number of thioether (sulfide) groups is 1. The molecule has 0 unspecified atom stereocenters. The number of nitrogens with zero attached hydrogens (tertiary/aromatic N) is 3. The zero-order valence-electron chi connectivity index (χ0n) is 13.2. The van der Waals surface area contributed by atoms with E-state index >= 15 is 0 Å². The van der Waals surface area contributed by atoms with Crippen molar-refractivity contribution in [3.8, 4) is 0 Å². The van der Waals surface area contributed by atoms with Gasteiger partial charge in [-0.15, -0.1) is 0 Å². The molecule has 0 radical (unpaired) electrons. The van der Waals surface area contributed by atoms with Gasteiger partial charge < -0.3 is 5.32 Å². The number of carbonyl (C=O) groups excluding carboxylic acids is 1. The molecule has 1 amide bonds. The number of nitrogens with one attached hydrogen (secondary N) is 1. The van der Waals surface area contributed by atoms with Gasteiger partial charge in [0.25, 0.3) is 5.69 Å². The monoisotopic (exact) mass is 354 g/mol. The summed E-state index contributed by atoms with van der Waals surface area (Å²) in [5, 5.41) is 14.7. The summed E-state index contributed by atoms with van der Waals surface area (Å²) in [6.07, 6.45) is 1.46. The fourth-order valence-corrected chi connectivity index (χ4v) is 3.18. The predicted octanol–water partition coefficient (Wildman–Crippen LogP) is 3.66. The van der Waals surface area contributed by atoms with Crippen LogP contribution in [0.25, 0.3) is 10.9 Å². The van der Waals surface area contributed by atoms with E-state index in [4.69, 9.17) is 0 Å². The van der Waals surface area contributed by atoms with Gasteiger partial charge >= 0.3 is 0 Å². The highest BCUT2D eigenvalue weighted by Gasteiger charge is 2.20. The van der Waals surface area contributed by atoms with Crippen LogP contribution in [0.2, 0.25) is 0 Å². The number of nitro groups is 1. The lowest BCUT2D eigenvalue weighted by molar-refractivity contribution is -0.383. The number of para-hydroxylation sites is 3. The lowest BCUT2D eigenvalue weighted by Gasteiger charge is -2.12. The van der Waals surface area contributed by atoms with E-state index in [2.05, 4.69) is 15.3 Å². The van der Waals surface area contributed by atoms with Crippen molar-refractivity contribution >= 4 is 39.9 Å². The van der Waals surface area contributed by atoms with Crippen LogP contribution < -0.4 is 5.32 Å². The standard InChI is InChI=1S/C17H14N4O3S/c1-11(16(22)20-14-8-4-5-9-15(14)21(23)24)25-17-12-6-2-3-7-13(12)18-10-19-17/h2-11H,1H3,(H,20,22)/t11-/m0/s1. The number of aromatic nitrogens is 2. The van der Waals surface area contributed by atoms with Gasteiger partial charge in [-0.25, -0.2) is 9.97 Å². The lowest BCUT2D eigenvalue weighted by atomic mass is 10.2. The Morgan fingerprint density at radius 1 is 1.16 bits per heavy atom. The highest BCUT2D eigenvalue weighted by molar-refractivity contribution is 8.00. The van der Waals surface area contributed by atoms with Crippen LogP contribution in [-0.2, 0) is 4.79 Å². The second-order valence-corrected chi connectivity index (χ2v) is 6.55. The van der Waals surface area contributed by atoms with E-state index in [9.17, 15) is 14.9 Å². The zero-order chi connectivity index (χ0) is 17.8. The summed E-state index contributed by atoms with van der Waals surface area (Å²) in [6, 6.07) is 13.6. The summed E-state index contributed by atoms with van der Waals surface area (Å²) in [4.78, 5) is 31.4. The van der Waals surface area contributed by atoms with E-state index < -0.39 is 10.2 Å². The fraction of sp³-hybridized carbons (Fsp3) is 0.118. The van der Waals surface area contributed by atoms with Crippen molar-refractivity contribution in [3.63, 3.8) is 0 Å². The number of fused-ring (bicyclic) bond motifs is 1. The maximum atomic E-state index is 12.4. The van der Waals surface area contributed by atoms with Crippen LogP contribution in [0.4, 0.5) is 11.4 Å². The first-order chi connectivity index (χ1) is 12.1. The molecule has 0 saturated carbocycles. The fourth-order valence-electron chi connectivity index (χ4n) is 2.27. The predicted molar refractivity (Wildman–Crippen MR) is 96.6 cm³/mol. The summed E-state index contributed by atoms with van der Waals surface area (Å²) >= 11 is 1.28. The van der Waals surface area contributed by atoms with E-state index in [1.807, 2.05) is 24.3 Å². The Balaban J connectivity index is 1.78. The molecule has 1 heterocycles. The molecule has 8 heteroatoms. The molecule has 0 aliphatic heterocycles. The highest BCUT2D eigenvalue weighted by Crippen LogP contribution is 2.29. The maximum Gasteiger partial charge on any atom is 0.292 e. The molecule has 0 saturated heterocycles. The molecular weight excluding hydrogens is 340 g/mol. The van der Waals surface area contributed by atoms with E-state index in [-0.39, 0.29) is 17.3 Å². The molecule has 0 bridgehead atoms. The molecular formula is C17H14N4O3S. The number of hydrogen-bond acceptors (Lipinski definition) is 6. The van der Waals surface area contributed by atoms with Gasteiger partial charge in [-0.05, 0) is 19.1 Å². The van der Waals surface area contributed by atoms with Crippen molar-refractivity contribution in [1.82, 2.24) is 9.97 Å². The van der Waals surface area contributed by atoms with Gasteiger partial charge in [-0.1, -0.05) is 42.1 Å². The van der Waals surface area contributed by atoms with Gasteiger partial charge in [0.2, 0.25) is 5.91 Å². The molecule has 0 fully saturated rings. The molecule has 0 aliphatic rings. The minimum absolute atomic E-state index is 0.138. The summed E-state index contributed by atoms with van der Waals surface area (Å²) in [7, 11) is 0. The molecule has 1 N–H and O–H groups in total. The van der Waals surface area contributed by atoms with E-state index in [1.165, 1.54) is 30.2 Å². The van der Waals surface area contributed by atoms with Crippen LogP contribution in [0.5, 0.6) is 0 Å². The summed E-state index contributed by atoms with van der Waals surface area (Å²) in [5.41, 5.74) is 0.837. The minimum Gasteiger partial charge on any atom is -0.319 e. The normalized spacial score (nSPS) is 11.9. The molecule has 1 aromatic heterocycles. The number of benzene rings is 2. The third-order valence-electron chi connectivity index (χ3n) is 3.52. The molecule has 3 rings (SSSR count). The minimum atomic E-state index is -0.522. The molecule has 126 valence electrons. The Bertz CT molecular complexity index is 943. The number of anilines is 1. The van der Waals surface area contributed by atoms with E-state index in [0.29, 0.717) is 5.03 Å². The van der Waals surface area contributed by atoms with Crippen molar-refractivity contribution in [3.05, 3.63) is 65.0 Å². The van der Waals surface area contributed by atoms with Crippen LogP contribution >= 0.6 is 11.8 Å². The van der Waals surface area contributed by atoms with Gasteiger partial charge in [0.15, 0.2) is 0 Å². The molecule has 3 aromatic rings. The second kappa shape index (κ2) is 7.27. The van der Waals surface area contributed by atoms with E-state index in [0.717, 1.165) is 10.9 Å². The average Bonchev–Trinajstić information content (AvgIpc) is 2.62. The number of amides is 1. The zero-order valence-corrected chi connectivity index (χ0v) is 14.1. The number of carbonyl (C=O) groups is 1. The third kappa shape index (κ3) is 3.74. The van der Waals surface area contributed by atoms with Gasteiger partial charge in [-0.2, -0.15) is 0 Å². The van der Waals surface area contributed by atoms with Crippen LogP contribution in [-0.4, -0.2) is 26.0 Å².